The summed E-state index contributed by atoms with van der Waals surface area (Å²) in [5, 5.41) is 5.61. The summed E-state index contributed by atoms with van der Waals surface area (Å²) in [4.78, 5) is 1.08. The third-order valence-electron chi connectivity index (χ3n) is 2.19. The molecule has 0 radical (unpaired) electrons. The molecular weight excluding hydrogens is 222 g/mol. The second kappa shape index (κ2) is 7.68. The van der Waals surface area contributed by atoms with Gasteiger partial charge in [0.1, 0.15) is 0 Å². The maximum atomic E-state index is 5.61. The Hall–Kier alpha value is -0.550. The fourth-order valence-electron chi connectivity index (χ4n) is 1.50. The van der Waals surface area contributed by atoms with Gasteiger partial charge in [-0.1, -0.05) is 18.2 Å². The smallest absolute Gasteiger partial charge is 0.161 e. The molecule has 1 aromatic carbocycles. The van der Waals surface area contributed by atoms with E-state index in [2.05, 4.69) is 6.07 Å². The molecule has 0 saturated heterocycles. The van der Waals surface area contributed by atoms with Crippen molar-refractivity contribution in [3.05, 3.63) is 29.8 Å². The second-order valence-corrected chi connectivity index (χ2v) is 3.95. The van der Waals surface area contributed by atoms with Crippen molar-refractivity contribution in [2.45, 2.75) is 31.5 Å². The zero-order valence-electron chi connectivity index (χ0n) is 9.81. The van der Waals surface area contributed by atoms with Gasteiger partial charge in [-0.3, -0.25) is 5.14 Å². The van der Waals surface area contributed by atoms with Gasteiger partial charge in [0.2, 0.25) is 0 Å². The van der Waals surface area contributed by atoms with E-state index in [1.807, 2.05) is 32.0 Å². The topological polar surface area (TPSA) is 44.5 Å². The fraction of sp³-hybridized carbons (Fsp3) is 0.500. The summed E-state index contributed by atoms with van der Waals surface area (Å²) in [5.74, 6) is 0. The van der Waals surface area contributed by atoms with E-state index in [9.17, 15) is 0 Å². The van der Waals surface area contributed by atoms with E-state index in [4.69, 9.17) is 14.6 Å². The lowest BCUT2D eigenvalue weighted by molar-refractivity contribution is -0.134. The van der Waals surface area contributed by atoms with Crippen molar-refractivity contribution >= 4 is 11.9 Å². The Balaban J connectivity index is 2.67. The van der Waals surface area contributed by atoms with Crippen LogP contribution in [0.2, 0.25) is 0 Å². The van der Waals surface area contributed by atoms with Crippen LogP contribution in [0, 0.1) is 0 Å². The van der Waals surface area contributed by atoms with E-state index in [0.29, 0.717) is 13.2 Å². The molecule has 0 spiro atoms. The van der Waals surface area contributed by atoms with Crippen LogP contribution in [0.1, 0.15) is 19.4 Å². The molecule has 3 nitrogen and oxygen atoms in total. The third-order valence-corrected chi connectivity index (χ3v) is 2.84. The molecule has 1 aromatic rings. The minimum atomic E-state index is -0.178. The van der Waals surface area contributed by atoms with Crippen LogP contribution in [-0.2, 0) is 15.9 Å². The monoisotopic (exact) mass is 241 g/mol. The van der Waals surface area contributed by atoms with Gasteiger partial charge in [0.05, 0.1) is 0 Å². The lowest BCUT2D eigenvalue weighted by Gasteiger charge is -2.18. The SMILES string of the molecule is CCOC(Cc1ccccc1SN)OCC. The summed E-state index contributed by atoms with van der Waals surface area (Å²) in [6.45, 7) is 5.25. The predicted molar refractivity (Wildman–Crippen MR) is 67.2 cm³/mol. The molecule has 0 aromatic heterocycles. The molecule has 0 saturated carbocycles. The molecular formula is C12H19NO2S. The molecule has 0 amide bonds. The Kier molecular flexibility index (Phi) is 6.49. The van der Waals surface area contributed by atoms with Crippen LogP contribution in [0.4, 0.5) is 0 Å². The number of nitrogens with two attached hydrogens (primary N) is 1. The highest BCUT2D eigenvalue weighted by Gasteiger charge is 2.11. The van der Waals surface area contributed by atoms with E-state index in [1.165, 1.54) is 17.5 Å². The summed E-state index contributed by atoms with van der Waals surface area (Å²) in [6.07, 6.45) is 0.561. The van der Waals surface area contributed by atoms with Gasteiger partial charge in [-0.2, -0.15) is 0 Å². The first-order valence-electron chi connectivity index (χ1n) is 5.49. The lowest BCUT2D eigenvalue weighted by Crippen LogP contribution is -2.20. The maximum absolute atomic E-state index is 5.61. The van der Waals surface area contributed by atoms with Crippen LogP contribution in [-0.4, -0.2) is 19.5 Å². The van der Waals surface area contributed by atoms with Gasteiger partial charge in [-0.05, 0) is 37.4 Å². The number of hydrogen-bond donors (Lipinski definition) is 1. The molecule has 90 valence electrons. The van der Waals surface area contributed by atoms with E-state index in [-0.39, 0.29) is 6.29 Å². The molecule has 16 heavy (non-hydrogen) atoms. The standard InChI is InChI=1S/C12H19NO2S/c1-3-14-12(15-4-2)9-10-7-5-6-8-11(10)16-13/h5-8,12H,3-4,9,13H2,1-2H3. The minimum Gasteiger partial charge on any atom is -0.353 e. The van der Waals surface area contributed by atoms with Crippen LogP contribution in [0.15, 0.2) is 29.2 Å². The molecule has 1 rings (SSSR count). The number of rotatable bonds is 7. The molecule has 2 N–H and O–H groups in total. The van der Waals surface area contributed by atoms with Crippen molar-refractivity contribution in [3.8, 4) is 0 Å². The molecule has 0 atom stereocenters. The predicted octanol–water partition coefficient (Wildman–Crippen LogP) is 2.59. The highest BCUT2D eigenvalue weighted by molar-refractivity contribution is 7.97. The highest BCUT2D eigenvalue weighted by Crippen LogP contribution is 2.20. The Morgan fingerprint density at radius 3 is 2.38 bits per heavy atom. The van der Waals surface area contributed by atoms with Crippen molar-refractivity contribution in [2.24, 2.45) is 5.14 Å². The lowest BCUT2D eigenvalue weighted by atomic mass is 10.1. The van der Waals surface area contributed by atoms with Gasteiger partial charge in [0.25, 0.3) is 0 Å². The first-order chi connectivity index (χ1) is 7.81. The molecule has 0 aliphatic heterocycles. The summed E-state index contributed by atoms with van der Waals surface area (Å²) >= 11 is 1.26. The Bertz CT molecular complexity index is 301. The zero-order valence-corrected chi connectivity index (χ0v) is 10.6. The van der Waals surface area contributed by atoms with E-state index in [1.54, 1.807) is 0 Å². The largest absolute Gasteiger partial charge is 0.353 e. The maximum Gasteiger partial charge on any atom is 0.161 e. The van der Waals surface area contributed by atoms with Crippen LogP contribution in [0.25, 0.3) is 0 Å². The van der Waals surface area contributed by atoms with Gasteiger partial charge >= 0.3 is 0 Å². The average molecular weight is 241 g/mol. The quantitative estimate of drug-likeness (QED) is 0.588. The van der Waals surface area contributed by atoms with Crippen molar-refractivity contribution in [1.82, 2.24) is 0 Å². The summed E-state index contributed by atoms with van der Waals surface area (Å²) in [5.41, 5.74) is 1.17. The Morgan fingerprint density at radius 2 is 1.81 bits per heavy atom. The molecule has 0 aliphatic carbocycles. The van der Waals surface area contributed by atoms with Gasteiger partial charge < -0.3 is 9.47 Å². The van der Waals surface area contributed by atoms with Crippen molar-refractivity contribution in [1.29, 1.82) is 0 Å². The first kappa shape index (κ1) is 13.5. The van der Waals surface area contributed by atoms with Crippen LogP contribution < -0.4 is 5.14 Å². The molecule has 0 fully saturated rings. The molecule has 4 heteroatoms. The van der Waals surface area contributed by atoms with Crippen molar-refractivity contribution in [3.63, 3.8) is 0 Å². The third kappa shape index (κ3) is 4.14. The summed E-state index contributed by atoms with van der Waals surface area (Å²) in [6, 6.07) is 8.05. The molecule has 0 aliphatic rings. The number of ether oxygens (including phenoxy) is 2. The summed E-state index contributed by atoms with van der Waals surface area (Å²) in [7, 11) is 0. The first-order valence-corrected chi connectivity index (χ1v) is 6.37. The van der Waals surface area contributed by atoms with Gasteiger partial charge in [0, 0.05) is 24.5 Å². The van der Waals surface area contributed by atoms with Crippen LogP contribution in [0.3, 0.4) is 0 Å². The minimum absolute atomic E-state index is 0.178. The average Bonchev–Trinajstić information content (AvgIpc) is 2.30. The number of benzene rings is 1. The van der Waals surface area contributed by atoms with Crippen LogP contribution in [0.5, 0.6) is 0 Å². The van der Waals surface area contributed by atoms with E-state index < -0.39 is 0 Å². The van der Waals surface area contributed by atoms with E-state index in [0.717, 1.165) is 11.3 Å². The van der Waals surface area contributed by atoms with Gasteiger partial charge in [0.15, 0.2) is 6.29 Å². The zero-order chi connectivity index (χ0) is 11.8. The van der Waals surface area contributed by atoms with E-state index >= 15 is 0 Å². The van der Waals surface area contributed by atoms with Crippen molar-refractivity contribution in [2.75, 3.05) is 13.2 Å². The summed E-state index contributed by atoms with van der Waals surface area (Å²) < 4.78 is 11.0. The normalized spacial score (nSPS) is 11.0. The fourth-order valence-corrected chi connectivity index (χ4v) is 1.96. The van der Waals surface area contributed by atoms with Crippen LogP contribution >= 0.6 is 11.9 Å². The van der Waals surface area contributed by atoms with Gasteiger partial charge in [-0.15, -0.1) is 0 Å². The second-order valence-electron chi connectivity index (χ2n) is 3.27. The van der Waals surface area contributed by atoms with Crippen molar-refractivity contribution < 1.29 is 9.47 Å². The Labute approximate surface area is 101 Å². The molecule has 0 unspecified atom stereocenters. The molecule has 0 bridgehead atoms. The van der Waals surface area contributed by atoms with Gasteiger partial charge in [-0.25, -0.2) is 0 Å². The molecule has 0 heterocycles. The highest BCUT2D eigenvalue weighted by atomic mass is 32.2. The number of hydrogen-bond acceptors (Lipinski definition) is 4. The Morgan fingerprint density at radius 1 is 1.19 bits per heavy atom.